The molecule has 1 unspecified atom stereocenters. The van der Waals surface area contributed by atoms with Crippen molar-refractivity contribution in [2.75, 3.05) is 18.4 Å². The fraction of sp³-hybridized carbons (Fsp3) is 0.714. The zero-order valence-electron chi connectivity index (χ0n) is 13.5. The summed E-state index contributed by atoms with van der Waals surface area (Å²) in [4.78, 5) is 11.4. The van der Waals surface area contributed by atoms with Crippen LogP contribution in [-0.4, -0.2) is 57.1 Å². The number of alkyl halides is 3. The van der Waals surface area contributed by atoms with Crippen LogP contribution in [0.5, 0.6) is 0 Å². The first-order valence-electron chi connectivity index (χ1n) is 7.39. The van der Waals surface area contributed by atoms with Crippen molar-refractivity contribution in [1.29, 1.82) is 0 Å². The van der Waals surface area contributed by atoms with Crippen LogP contribution in [-0.2, 0) is 11.8 Å². The summed E-state index contributed by atoms with van der Waals surface area (Å²) in [6.07, 6.45) is 1.40. The highest BCUT2D eigenvalue weighted by Crippen LogP contribution is 2.17. The van der Waals surface area contributed by atoms with Crippen LogP contribution in [0.4, 0.5) is 18.9 Å². The number of hydrogen-bond donors (Lipinski definition) is 2. The first-order chi connectivity index (χ1) is 10.6. The zero-order chi connectivity index (χ0) is 17.6. The molecule has 23 heavy (non-hydrogen) atoms. The molecule has 6 nitrogen and oxygen atoms in total. The minimum absolute atomic E-state index is 0.570. The molecule has 1 saturated heterocycles. The lowest BCUT2D eigenvalue weighted by Crippen LogP contribution is -2.45. The fourth-order valence-corrected chi connectivity index (χ4v) is 2.32. The van der Waals surface area contributed by atoms with E-state index in [2.05, 4.69) is 29.2 Å². The van der Waals surface area contributed by atoms with Gasteiger partial charge in [0.05, 0.1) is 11.9 Å². The maximum Gasteiger partial charge on any atom is 0.490 e. The van der Waals surface area contributed by atoms with Crippen LogP contribution in [0.3, 0.4) is 0 Å². The predicted octanol–water partition coefficient (Wildman–Crippen LogP) is 2.34. The van der Waals surface area contributed by atoms with Crippen LogP contribution in [0.25, 0.3) is 0 Å². The quantitative estimate of drug-likeness (QED) is 0.887. The Balaban J connectivity index is 0.000000322. The lowest BCUT2D eigenvalue weighted by molar-refractivity contribution is -0.192. The molecule has 132 valence electrons. The molecule has 0 bridgehead atoms. The van der Waals surface area contributed by atoms with Crippen LogP contribution in [0.1, 0.15) is 26.7 Å². The first-order valence-corrected chi connectivity index (χ1v) is 7.39. The normalized spacial score (nSPS) is 19.2. The molecule has 1 aromatic rings. The largest absolute Gasteiger partial charge is 0.490 e. The summed E-state index contributed by atoms with van der Waals surface area (Å²) in [6.45, 7) is 6.92. The number of carboxylic acids is 1. The van der Waals surface area contributed by atoms with Crippen molar-refractivity contribution < 1.29 is 23.1 Å². The number of anilines is 1. The molecule has 2 heterocycles. The Hall–Kier alpha value is -1.77. The lowest BCUT2D eigenvalue weighted by atomic mass is 10.0. The van der Waals surface area contributed by atoms with Crippen molar-refractivity contribution in [1.82, 2.24) is 14.7 Å². The smallest absolute Gasteiger partial charge is 0.475 e. The molecular weight excluding hydrogens is 313 g/mol. The molecule has 0 amide bonds. The number of halogens is 3. The van der Waals surface area contributed by atoms with E-state index in [-0.39, 0.29) is 0 Å². The highest BCUT2D eigenvalue weighted by Gasteiger charge is 2.38. The second kappa shape index (κ2) is 8.19. The Morgan fingerprint density at radius 3 is 2.52 bits per heavy atom. The van der Waals surface area contributed by atoms with Gasteiger partial charge in [-0.1, -0.05) is 0 Å². The maximum atomic E-state index is 10.6. The third-order valence-electron chi connectivity index (χ3n) is 3.50. The van der Waals surface area contributed by atoms with E-state index in [1.54, 1.807) is 0 Å². The molecular formula is C14H23F3N4O2. The van der Waals surface area contributed by atoms with Crippen molar-refractivity contribution in [2.45, 2.75) is 44.9 Å². The van der Waals surface area contributed by atoms with E-state index in [0.29, 0.717) is 12.1 Å². The van der Waals surface area contributed by atoms with Crippen LogP contribution < -0.4 is 5.32 Å². The summed E-state index contributed by atoms with van der Waals surface area (Å²) >= 11 is 0. The van der Waals surface area contributed by atoms with Gasteiger partial charge in [0.25, 0.3) is 0 Å². The highest BCUT2D eigenvalue weighted by atomic mass is 19.4. The number of aromatic nitrogens is 2. The number of carboxylic acid groups (broad SMARTS) is 1. The van der Waals surface area contributed by atoms with Gasteiger partial charge in [-0.15, -0.1) is 0 Å². The second-order valence-electron chi connectivity index (χ2n) is 5.78. The van der Waals surface area contributed by atoms with Gasteiger partial charge in [0.15, 0.2) is 0 Å². The van der Waals surface area contributed by atoms with E-state index < -0.39 is 12.1 Å². The van der Waals surface area contributed by atoms with E-state index >= 15 is 0 Å². The third-order valence-corrected chi connectivity index (χ3v) is 3.50. The average Bonchev–Trinajstić information content (AvgIpc) is 2.84. The monoisotopic (exact) mass is 336 g/mol. The summed E-state index contributed by atoms with van der Waals surface area (Å²) in [5.74, 6) is -2.76. The standard InChI is InChI=1S/C12H22N4.C2HF3O2/c1-10(2)16-6-4-5-11(9-16)14-12-7-13-15(3)8-12;3-2(4,5)1(6)7/h7-8,10-11,14H,4-6,9H2,1-3H3;(H,6,7). The van der Waals surface area contributed by atoms with E-state index in [9.17, 15) is 13.2 Å². The van der Waals surface area contributed by atoms with Crippen molar-refractivity contribution in [3.05, 3.63) is 12.4 Å². The van der Waals surface area contributed by atoms with E-state index in [1.165, 1.54) is 19.4 Å². The summed E-state index contributed by atoms with van der Waals surface area (Å²) in [6, 6.07) is 1.22. The van der Waals surface area contributed by atoms with Gasteiger partial charge < -0.3 is 10.4 Å². The summed E-state index contributed by atoms with van der Waals surface area (Å²) < 4.78 is 33.6. The van der Waals surface area contributed by atoms with Crippen LogP contribution in [0, 0.1) is 0 Å². The van der Waals surface area contributed by atoms with Gasteiger partial charge >= 0.3 is 12.1 Å². The third kappa shape index (κ3) is 6.89. The average molecular weight is 336 g/mol. The number of piperidine rings is 1. The number of carbonyl (C=O) groups is 1. The molecule has 0 spiro atoms. The molecule has 1 fully saturated rings. The van der Waals surface area contributed by atoms with Gasteiger partial charge in [0.1, 0.15) is 0 Å². The van der Waals surface area contributed by atoms with Crippen LogP contribution in [0.15, 0.2) is 12.4 Å². The molecule has 0 saturated carbocycles. The topological polar surface area (TPSA) is 70.4 Å². The number of rotatable bonds is 3. The Morgan fingerprint density at radius 2 is 2.09 bits per heavy atom. The molecule has 1 atom stereocenters. The molecule has 0 aromatic carbocycles. The number of likely N-dealkylation sites (tertiary alicyclic amines) is 1. The Kier molecular flexibility index (Phi) is 6.86. The molecule has 0 aliphatic carbocycles. The zero-order valence-corrected chi connectivity index (χ0v) is 13.5. The van der Waals surface area contributed by atoms with Gasteiger partial charge in [0, 0.05) is 31.9 Å². The number of hydrogen-bond acceptors (Lipinski definition) is 4. The van der Waals surface area contributed by atoms with Crippen LogP contribution >= 0.6 is 0 Å². The second-order valence-corrected chi connectivity index (χ2v) is 5.78. The molecule has 2 rings (SSSR count). The Bertz CT molecular complexity index is 502. The molecule has 0 radical (unpaired) electrons. The molecule has 2 N–H and O–H groups in total. The minimum Gasteiger partial charge on any atom is -0.475 e. The molecule has 1 aromatic heterocycles. The van der Waals surface area contributed by atoms with Crippen molar-refractivity contribution in [3.8, 4) is 0 Å². The van der Waals surface area contributed by atoms with Crippen LogP contribution in [0.2, 0.25) is 0 Å². The molecule has 9 heteroatoms. The van der Waals surface area contributed by atoms with Crippen molar-refractivity contribution in [3.63, 3.8) is 0 Å². The maximum absolute atomic E-state index is 10.6. The van der Waals surface area contributed by atoms with E-state index in [1.807, 2.05) is 24.1 Å². The SMILES string of the molecule is CC(C)N1CCCC(Nc2cnn(C)c2)C1.O=C(O)C(F)(F)F. The van der Waals surface area contributed by atoms with Gasteiger partial charge in [-0.25, -0.2) is 4.79 Å². The minimum atomic E-state index is -5.08. The predicted molar refractivity (Wildman–Crippen MR) is 80.3 cm³/mol. The van der Waals surface area contributed by atoms with E-state index in [4.69, 9.17) is 9.90 Å². The summed E-state index contributed by atoms with van der Waals surface area (Å²) in [5.41, 5.74) is 1.14. The number of aryl methyl sites for hydroxylation is 1. The number of aliphatic carboxylic acids is 1. The Labute approximate surface area is 133 Å². The van der Waals surface area contributed by atoms with E-state index in [0.717, 1.165) is 12.2 Å². The lowest BCUT2D eigenvalue weighted by Gasteiger charge is -2.35. The Morgan fingerprint density at radius 1 is 1.48 bits per heavy atom. The number of nitrogens with zero attached hydrogens (tertiary/aromatic N) is 3. The summed E-state index contributed by atoms with van der Waals surface area (Å²) in [7, 11) is 1.95. The van der Waals surface area contributed by atoms with Crippen molar-refractivity contribution >= 4 is 11.7 Å². The van der Waals surface area contributed by atoms with Gasteiger partial charge in [-0.3, -0.25) is 9.58 Å². The number of nitrogens with one attached hydrogen (secondary N) is 1. The fourth-order valence-electron chi connectivity index (χ4n) is 2.32. The summed E-state index contributed by atoms with van der Waals surface area (Å²) in [5, 5.41) is 14.9. The highest BCUT2D eigenvalue weighted by molar-refractivity contribution is 5.73. The first kappa shape index (κ1) is 19.3. The molecule has 1 aliphatic heterocycles. The van der Waals surface area contributed by atoms with Gasteiger partial charge in [-0.05, 0) is 33.2 Å². The van der Waals surface area contributed by atoms with Crippen molar-refractivity contribution in [2.24, 2.45) is 7.05 Å². The van der Waals surface area contributed by atoms with Gasteiger partial charge in [0.2, 0.25) is 0 Å². The molecule has 1 aliphatic rings. The van der Waals surface area contributed by atoms with Gasteiger partial charge in [-0.2, -0.15) is 18.3 Å².